The third-order valence-electron chi connectivity index (χ3n) is 4.28. The number of fused-ring (bicyclic) bond motifs is 1. The van der Waals surface area contributed by atoms with Crippen molar-refractivity contribution in [1.82, 2.24) is 4.98 Å². The van der Waals surface area contributed by atoms with Crippen LogP contribution in [0.15, 0.2) is 0 Å². The van der Waals surface area contributed by atoms with Crippen molar-refractivity contribution in [3.63, 3.8) is 0 Å². The quantitative estimate of drug-likeness (QED) is 0.895. The van der Waals surface area contributed by atoms with E-state index < -0.39 is 0 Å². The molecule has 18 heavy (non-hydrogen) atoms. The van der Waals surface area contributed by atoms with Crippen LogP contribution in [0.25, 0.3) is 0 Å². The summed E-state index contributed by atoms with van der Waals surface area (Å²) in [5.41, 5.74) is 7.01. The molecule has 0 radical (unpaired) electrons. The molecule has 0 spiro atoms. The Morgan fingerprint density at radius 1 is 1.44 bits per heavy atom. The molecule has 3 rings (SSSR count). The first-order valence-corrected chi connectivity index (χ1v) is 7.89. The summed E-state index contributed by atoms with van der Waals surface area (Å²) in [4.78, 5) is 6.37. The number of rotatable bonds is 2. The highest BCUT2D eigenvalue weighted by atomic mass is 32.1. The van der Waals surface area contributed by atoms with E-state index in [0.29, 0.717) is 5.92 Å². The van der Waals surface area contributed by atoms with Crippen molar-refractivity contribution in [1.29, 1.82) is 0 Å². The Hall–Kier alpha value is -0.450. The van der Waals surface area contributed by atoms with Gasteiger partial charge in [0.15, 0.2) is 0 Å². The van der Waals surface area contributed by atoms with Crippen LogP contribution < -0.4 is 5.73 Å². The molecule has 100 valence electrons. The third kappa shape index (κ3) is 2.10. The summed E-state index contributed by atoms with van der Waals surface area (Å²) in [5, 5.41) is 1.19. The van der Waals surface area contributed by atoms with E-state index in [1.54, 1.807) is 0 Å². The van der Waals surface area contributed by atoms with E-state index >= 15 is 0 Å². The van der Waals surface area contributed by atoms with E-state index in [-0.39, 0.29) is 5.60 Å². The van der Waals surface area contributed by atoms with Gasteiger partial charge in [-0.05, 0) is 45.4 Å². The first-order chi connectivity index (χ1) is 8.73. The average molecular weight is 266 g/mol. The molecule has 2 N–H and O–H groups in total. The second-order valence-corrected chi connectivity index (χ2v) is 6.77. The van der Waals surface area contributed by atoms with Gasteiger partial charge in [0.1, 0.15) is 10.6 Å². The standard InChI is InChI=1S/C14H22N2OS/c1-14(7-2-3-8-17-14)13-16-12-10(9-15)5-4-6-11(12)18-13/h10H,2-9,15H2,1H3. The smallest absolute Gasteiger partial charge is 0.125 e. The fourth-order valence-electron chi connectivity index (χ4n) is 3.07. The number of aromatic nitrogens is 1. The molecule has 0 bridgehead atoms. The number of nitrogens with zero attached hydrogens (tertiary/aromatic N) is 1. The predicted octanol–water partition coefficient (Wildman–Crippen LogP) is 2.94. The molecule has 1 aliphatic carbocycles. The van der Waals surface area contributed by atoms with Crippen LogP contribution >= 0.6 is 11.3 Å². The Kier molecular flexibility index (Phi) is 3.43. The van der Waals surface area contributed by atoms with E-state index in [0.717, 1.165) is 19.6 Å². The molecule has 1 saturated heterocycles. The molecule has 1 aliphatic heterocycles. The lowest BCUT2D eigenvalue weighted by Gasteiger charge is -2.31. The maximum absolute atomic E-state index is 6.01. The fourth-order valence-corrected chi connectivity index (χ4v) is 4.38. The van der Waals surface area contributed by atoms with Gasteiger partial charge in [-0.25, -0.2) is 4.98 Å². The zero-order valence-corrected chi connectivity index (χ0v) is 11.9. The summed E-state index contributed by atoms with van der Waals surface area (Å²) in [6.45, 7) is 3.81. The lowest BCUT2D eigenvalue weighted by atomic mass is 9.91. The monoisotopic (exact) mass is 266 g/mol. The molecule has 1 aromatic heterocycles. The largest absolute Gasteiger partial charge is 0.368 e. The van der Waals surface area contributed by atoms with Gasteiger partial charge in [0.2, 0.25) is 0 Å². The summed E-state index contributed by atoms with van der Waals surface area (Å²) >= 11 is 1.87. The Labute approximate surface area is 113 Å². The van der Waals surface area contributed by atoms with Gasteiger partial charge in [0.25, 0.3) is 0 Å². The number of thiazole rings is 1. The Morgan fingerprint density at radius 3 is 3.06 bits per heavy atom. The summed E-state index contributed by atoms with van der Waals surface area (Å²) in [5.74, 6) is 0.478. The second kappa shape index (κ2) is 4.91. The molecule has 3 nitrogen and oxygen atoms in total. The van der Waals surface area contributed by atoms with Crippen LogP contribution in [0.5, 0.6) is 0 Å². The molecule has 1 fully saturated rings. The highest BCUT2D eigenvalue weighted by Gasteiger charge is 2.35. The van der Waals surface area contributed by atoms with E-state index in [4.69, 9.17) is 15.5 Å². The number of ether oxygens (including phenoxy) is 1. The third-order valence-corrected chi connectivity index (χ3v) is 5.65. The van der Waals surface area contributed by atoms with Gasteiger partial charge in [-0.15, -0.1) is 11.3 Å². The molecule has 0 saturated carbocycles. The van der Waals surface area contributed by atoms with Gasteiger partial charge in [0, 0.05) is 23.9 Å². The van der Waals surface area contributed by atoms with Gasteiger partial charge in [-0.2, -0.15) is 0 Å². The van der Waals surface area contributed by atoms with Crippen LogP contribution in [0.4, 0.5) is 0 Å². The number of aryl methyl sites for hydroxylation is 1. The van der Waals surface area contributed by atoms with Crippen LogP contribution in [-0.2, 0) is 16.8 Å². The van der Waals surface area contributed by atoms with Crippen LogP contribution in [0, 0.1) is 0 Å². The predicted molar refractivity (Wildman–Crippen MR) is 74.0 cm³/mol. The van der Waals surface area contributed by atoms with Gasteiger partial charge in [-0.1, -0.05) is 0 Å². The maximum atomic E-state index is 6.01. The van der Waals surface area contributed by atoms with Crippen LogP contribution in [0.1, 0.15) is 60.5 Å². The van der Waals surface area contributed by atoms with Crippen LogP contribution in [0.2, 0.25) is 0 Å². The van der Waals surface area contributed by atoms with E-state index in [1.807, 2.05) is 11.3 Å². The van der Waals surface area contributed by atoms with Crippen molar-refractivity contribution in [2.45, 2.75) is 57.0 Å². The molecule has 2 unspecified atom stereocenters. The molecular formula is C14H22N2OS. The highest BCUT2D eigenvalue weighted by Crippen LogP contribution is 2.41. The van der Waals surface area contributed by atoms with E-state index in [2.05, 4.69) is 6.92 Å². The van der Waals surface area contributed by atoms with Gasteiger partial charge >= 0.3 is 0 Å². The zero-order valence-electron chi connectivity index (χ0n) is 11.1. The van der Waals surface area contributed by atoms with Crippen molar-refractivity contribution in [2.24, 2.45) is 5.73 Å². The molecular weight excluding hydrogens is 244 g/mol. The molecule has 2 atom stereocenters. The first-order valence-electron chi connectivity index (χ1n) is 7.07. The van der Waals surface area contributed by atoms with Gasteiger partial charge in [0.05, 0.1) is 5.69 Å². The molecule has 4 heteroatoms. The summed E-state index contributed by atoms with van der Waals surface area (Å²) < 4.78 is 6.01. The topological polar surface area (TPSA) is 48.1 Å². The minimum atomic E-state index is -0.139. The molecule has 1 aromatic rings. The second-order valence-electron chi connectivity index (χ2n) is 5.69. The van der Waals surface area contributed by atoms with Crippen LogP contribution in [-0.4, -0.2) is 18.1 Å². The van der Waals surface area contributed by atoms with E-state index in [9.17, 15) is 0 Å². The lowest BCUT2D eigenvalue weighted by molar-refractivity contribution is -0.0703. The maximum Gasteiger partial charge on any atom is 0.125 e. The summed E-state index contributed by atoms with van der Waals surface area (Å²) in [7, 11) is 0. The van der Waals surface area contributed by atoms with Gasteiger partial charge in [-0.3, -0.25) is 0 Å². The van der Waals surface area contributed by atoms with Crippen molar-refractivity contribution in [3.05, 3.63) is 15.6 Å². The van der Waals surface area contributed by atoms with Gasteiger partial charge < -0.3 is 10.5 Å². The average Bonchev–Trinajstić information content (AvgIpc) is 2.84. The minimum absolute atomic E-state index is 0.139. The molecule has 0 aromatic carbocycles. The summed E-state index contributed by atoms with van der Waals surface area (Å²) in [6.07, 6.45) is 7.18. The van der Waals surface area contributed by atoms with Crippen molar-refractivity contribution < 1.29 is 4.74 Å². The minimum Gasteiger partial charge on any atom is -0.368 e. The van der Waals surface area contributed by atoms with Crippen molar-refractivity contribution >= 4 is 11.3 Å². The zero-order chi connectivity index (χ0) is 12.6. The van der Waals surface area contributed by atoms with Crippen molar-refractivity contribution in [2.75, 3.05) is 13.2 Å². The van der Waals surface area contributed by atoms with E-state index in [1.165, 1.54) is 47.7 Å². The Balaban J connectivity index is 1.92. The molecule has 2 aliphatic rings. The fraction of sp³-hybridized carbons (Fsp3) is 0.786. The lowest BCUT2D eigenvalue weighted by Crippen LogP contribution is -2.30. The molecule has 0 amide bonds. The number of hydrogen-bond acceptors (Lipinski definition) is 4. The molecule has 2 heterocycles. The SMILES string of the molecule is CC1(c2nc3c(s2)CCCC3CN)CCCCO1. The van der Waals surface area contributed by atoms with Crippen LogP contribution in [0.3, 0.4) is 0 Å². The first kappa shape index (κ1) is 12.6. The summed E-state index contributed by atoms with van der Waals surface area (Å²) in [6, 6.07) is 0. The highest BCUT2D eigenvalue weighted by molar-refractivity contribution is 7.11. The number of hydrogen-bond donors (Lipinski definition) is 1. The number of nitrogens with two attached hydrogens (primary N) is 1. The normalized spacial score (nSPS) is 32.2. The van der Waals surface area contributed by atoms with Crippen molar-refractivity contribution in [3.8, 4) is 0 Å². The Morgan fingerprint density at radius 2 is 2.33 bits per heavy atom. The Bertz CT molecular complexity index is 423.